The molecule has 0 saturated carbocycles. The Labute approximate surface area is 182 Å². The molecular formula is C22H22N2O8. The number of hydrogen-bond donors (Lipinski definition) is 5. The quantitative estimate of drug-likeness (QED) is 0.336. The van der Waals surface area contributed by atoms with Gasteiger partial charge in [-0.2, -0.15) is 0 Å². The van der Waals surface area contributed by atoms with E-state index in [1.807, 2.05) is 0 Å². The maximum atomic E-state index is 12.8. The molecule has 0 radical (unpaired) electrons. The Balaban J connectivity index is 1.99. The highest BCUT2D eigenvalue weighted by Gasteiger charge is 2.54. The number of aromatic hydroxyl groups is 2. The second-order valence-corrected chi connectivity index (χ2v) is 8.21. The molecule has 1 aliphatic heterocycles. The van der Waals surface area contributed by atoms with Gasteiger partial charge in [0.15, 0.2) is 0 Å². The number of cyclic esters (lactones) is 1. The van der Waals surface area contributed by atoms with E-state index in [1.165, 1.54) is 11.0 Å². The first-order chi connectivity index (χ1) is 15.0. The lowest BCUT2D eigenvalue weighted by Gasteiger charge is -2.40. The number of esters is 1. The number of aliphatic hydroxyl groups is 2. The van der Waals surface area contributed by atoms with Crippen LogP contribution in [0.15, 0.2) is 29.5 Å². The number of aliphatic hydroxyl groups excluding tert-OH is 2. The van der Waals surface area contributed by atoms with E-state index in [4.69, 9.17) is 10.5 Å². The summed E-state index contributed by atoms with van der Waals surface area (Å²) < 4.78 is 5.52. The molecular weight excluding hydrogens is 420 g/mol. The van der Waals surface area contributed by atoms with Crippen molar-refractivity contribution in [3.63, 3.8) is 0 Å². The van der Waals surface area contributed by atoms with Crippen molar-refractivity contribution in [1.29, 1.82) is 0 Å². The number of nitrogens with two attached hydrogens (primary N) is 1. The summed E-state index contributed by atoms with van der Waals surface area (Å²) in [6, 6.07) is 3.47. The van der Waals surface area contributed by atoms with Gasteiger partial charge in [-0.15, -0.1) is 0 Å². The van der Waals surface area contributed by atoms with E-state index >= 15 is 0 Å². The third-order valence-electron chi connectivity index (χ3n) is 6.25. The minimum atomic E-state index is -1.83. The van der Waals surface area contributed by atoms with E-state index in [-0.39, 0.29) is 22.3 Å². The van der Waals surface area contributed by atoms with E-state index < -0.39 is 58.9 Å². The maximum absolute atomic E-state index is 12.8. The second kappa shape index (κ2) is 7.21. The third-order valence-corrected chi connectivity index (χ3v) is 6.25. The van der Waals surface area contributed by atoms with Crippen LogP contribution in [0.2, 0.25) is 0 Å². The Hall–Kier alpha value is -3.63. The van der Waals surface area contributed by atoms with Crippen LogP contribution in [0.25, 0.3) is 10.8 Å². The number of ether oxygens (including phenoxy) is 1. The standard InChI is InChI=1S/C22H22N2O8/c1-7-8-5-4-6-9(25)11(8)16(26)12-10(7)20(32-22(12)31)13-15(24(2)3)17(27)14(21(23)30)19(29)18(13)28/h4-6,13,15,18,20,25-28H,1-3H3,(H2,23,30)/t13-,15+,18-,20-/m1/s1. The molecule has 0 unspecified atom stereocenters. The lowest BCUT2D eigenvalue weighted by molar-refractivity contribution is -0.136. The molecule has 4 rings (SSSR count). The van der Waals surface area contributed by atoms with Crippen LogP contribution in [0, 0.1) is 12.8 Å². The van der Waals surface area contributed by atoms with E-state index in [9.17, 15) is 34.8 Å². The average Bonchev–Trinajstić information content (AvgIpc) is 3.05. The first kappa shape index (κ1) is 21.6. The van der Waals surface area contributed by atoms with Gasteiger partial charge in [-0.1, -0.05) is 12.1 Å². The zero-order valence-electron chi connectivity index (χ0n) is 17.5. The maximum Gasteiger partial charge on any atom is 0.343 e. The van der Waals surface area contributed by atoms with Crippen LogP contribution in [0.3, 0.4) is 0 Å². The molecule has 2 aromatic rings. The van der Waals surface area contributed by atoms with E-state index in [1.54, 1.807) is 33.2 Å². The SMILES string of the molecule is Cc1c2c(c(O)c3c(O)cccc13)C(=O)O[C@H]2[C@@H]1[C@H](N(C)C)C(O)=C(C(N)=O)C(=O)[C@@H]1O. The topological polar surface area (TPSA) is 171 Å². The molecule has 0 aromatic heterocycles. The molecule has 0 fully saturated rings. The van der Waals surface area contributed by atoms with Crippen molar-refractivity contribution in [3.8, 4) is 11.5 Å². The fraction of sp³-hybridized carbons (Fsp3) is 0.318. The molecule has 0 saturated heterocycles. The molecule has 4 atom stereocenters. The molecule has 10 heteroatoms. The number of fused-ring (bicyclic) bond motifs is 2. The Morgan fingerprint density at radius 1 is 1.16 bits per heavy atom. The molecule has 1 aliphatic carbocycles. The number of benzene rings is 2. The largest absolute Gasteiger partial charge is 0.510 e. The predicted molar refractivity (Wildman–Crippen MR) is 111 cm³/mol. The number of carbonyl (C=O) groups excluding carboxylic acids is 3. The normalized spacial score (nSPS) is 25.4. The Bertz CT molecular complexity index is 1230. The first-order valence-corrected chi connectivity index (χ1v) is 9.78. The number of nitrogens with zero attached hydrogens (tertiary/aromatic N) is 1. The second-order valence-electron chi connectivity index (χ2n) is 8.21. The van der Waals surface area contributed by atoms with Crippen LogP contribution < -0.4 is 5.73 Å². The third kappa shape index (κ3) is 2.76. The van der Waals surface area contributed by atoms with Crippen molar-refractivity contribution in [3.05, 3.63) is 46.2 Å². The summed E-state index contributed by atoms with van der Waals surface area (Å²) in [6.45, 7) is 1.65. The monoisotopic (exact) mass is 442 g/mol. The van der Waals surface area contributed by atoms with Gasteiger partial charge in [-0.05, 0) is 38.0 Å². The van der Waals surface area contributed by atoms with Gasteiger partial charge >= 0.3 is 5.97 Å². The number of rotatable bonds is 3. The Morgan fingerprint density at radius 2 is 1.81 bits per heavy atom. The van der Waals surface area contributed by atoms with E-state index in [0.29, 0.717) is 10.9 Å². The van der Waals surface area contributed by atoms with Crippen LogP contribution in [-0.4, -0.2) is 69.2 Å². The predicted octanol–water partition coefficient (Wildman–Crippen LogP) is 0.558. The molecule has 2 aromatic carbocycles. The number of phenolic OH excluding ortho intramolecular Hbond substituents is 2. The van der Waals surface area contributed by atoms with Gasteiger partial charge in [0.05, 0.1) is 17.3 Å². The fourth-order valence-electron chi connectivity index (χ4n) is 4.87. The molecule has 1 heterocycles. The number of likely N-dealkylation sites (N-methyl/N-ethyl adjacent to an activating group) is 1. The smallest absolute Gasteiger partial charge is 0.343 e. The lowest BCUT2D eigenvalue weighted by atomic mass is 9.74. The van der Waals surface area contributed by atoms with E-state index in [2.05, 4.69) is 0 Å². The van der Waals surface area contributed by atoms with Gasteiger partial charge in [0.1, 0.15) is 40.6 Å². The van der Waals surface area contributed by atoms with Crippen molar-refractivity contribution in [2.75, 3.05) is 14.1 Å². The van der Waals surface area contributed by atoms with Gasteiger partial charge in [0.25, 0.3) is 5.91 Å². The summed E-state index contributed by atoms with van der Waals surface area (Å²) >= 11 is 0. The summed E-state index contributed by atoms with van der Waals surface area (Å²) in [5, 5.41) is 43.1. The van der Waals surface area contributed by atoms with Gasteiger partial charge in [0, 0.05) is 5.56 Å². The summed E-state index contributed by atoms with van der Waals surface area (Å²) in [5.41, 5.74) is 5.05. The van der Waals surface area contributed by atoms with E-state index in [0.717, 1.165) is 0 Å². The molecule has 0 spiro atoms. The molecule has 32 heavy (non-hydrogen) atoms. The number of amides is 1. The number of ketones is 1. The summed E-state index contributed by atoms with van der Waals surface area (Å²) in [7, 11) is 3.10. The highest BCUT2D eigenvalue weighted by atomic mass is 16.6. The van der Waals surface area contributed by atoms with Crippen LogP contribution in [-0.2, 0) is 14.3 Å². The van der Waals surface area contributed by atoms with Crippen LogP contribution >= 0.6 is 0 Å². The minimum Gasteiger partial charge on any atom is -0.510 e. The molecule has 2 aliphatic rings. The molecule has 168 valence electrons. The molecule has 1 amide bonds. The van der Waals surface area contributed by atoms with Crippen LogP contribution in [0.5, 0.6) is 11.5 Å². The summed E-state index contributed by atoms with van der Waals surface area (Å²) in [4.78, 5) is 38.7. The van der Waals surface area contributed by atoms with Crippen molar-refractivity contribution < 1.29 is 39.5 Å². The molecule has 6 N–H and O–H groups in total. The number of carbonyl (C=O) groups is 3. The zero-order chi connectivity index (χ0) is 23.6. The van der Waals surface area contributed by atoms with Crippen molar-refractivity contribution in [2.24, 2.45) is 11.7 Å². The van der Waals surface area contributed by atoms with Crippen molar-refractivity contribution >= 4 is 28.4 Å². The number of primary amides is 1. The van der Waals surface area contributed by atoms with Crippen LogP contribution in [0.1, 0.15) is 27.6 Å². The van der Waals surface area contributed by atoms with Gasteiger partial charge in [-0.3, -0.25) is 14.5 Å². The van der Waals surface area contributed by atoms with Gasteiger partial charge < -0.3 is 30.9 Å². The van der Waals surface area contributed by atoms with Gasteiger partial charge in [0.2, 0.25) is 5.78 Å². The Morgan fingerprint density at radius 3 is 2.41 bits per heavy atom. The number of aryl methyl sites for hydroxylation is 1. The first-order valence-electron chi connectivity index (χ1n) is 9.78. The van der Waals surface area contributed by atoms with Gasteiger partial charge in [-0.25, -0.2) is 4.79 Å². The summed E-state index contributed by atoms with van der Waals surface area (Å²) in [6.07, 6.45) is -3.07. The Kier molecular flexibility index (Phi) is 4.87. The molecule has 10 nitrogen and oxygen atoms in total. The van der Waals surface area contributed by atoms with Crippen LogP contribution in [0.4, 0.5) is 0 Å². The number of Topliss-reactive ketones (excluding diaryl/α,β-unsaturated/α-hetero) is 1. The molecule has 0 bridgehead atoms. The van der Waals surface area contributed by atoms with Crippen molar-refractivity contribution in [1.82, 2.24) is 4.90 Å². The highest BCUT2D eigenvalue weighted by Crippen LogP contribution is 2.51. The minimum absolute atomic E-state index is 0.0736. The number of phenols is 2. The lowest BCUT2D eigenvalue weighted by Crippen LogP contribution is -2.54. The average molecular weight is 442 g/mol. The fourth-order valence-corrected chi connectivity index (χ4v) is 4.87. The summed E-state index contributed by atoms with van der Waals surface area (Å²) in [5.74, 6) is -5.73. The highest BCUT2D eigenvalue weighted by molar-refractivity contribution is 6.21. The number of hydrogen-bond acceptors (Lipinski definition) is 9. The van der Waals surface area contributed by atoms with Crippen molar-refractivity contribution in [2.45, 2.75) is 25.2 Å². The zero-order valence-corrected chi connectivity index (χ0v) is 17.5.